The first-order valence-electron chi connectivity index (χ1n) is 9.84. The van der Waals surface area contributed by atoms with E-state index in [0.717, 1.165) is 29.9 Å². The highest BCUT2D eigenvalue weighted by Crippen LogP contribution is 2.27. The second kappa shape index (κ2) is 8.88. The van der Waals surface area contributed by atoms with Crippen LogP contribution in [0.5, 0.6) is 0 Å². The van der Waals surface area contributed by atoms with Crippen molar-refractivity contribution in [3.63, 3.8) is 0 Å². The zero-order valence-electron chi connectivity index (χ0n) is 16.6. The Kier molecular flexibility index (Phi) is 5.86. The summed E-state index contributed by atoms with van der Waals surface area (Å²) < 4.78 is 5.54. The number of cyclic esters (lactones) is 1. The van der Waals surface area contributed by atoms with Crippen molar-refractivity contribution in [2.24, 2.45) is 0 Å². The van der Waals surface area contributed by atoms with Gasteiger partial charge in [0, 0.05) is 25.8 Å². The average Bonchev–Trinajstić information content (AvgIpc) is 3.11. The lowest BCUT2D eigenvalue weighted by atomic mass is 10.1. The van der Waals surface area contributed by atoms with E-state index >= 15 is 0 Å². The first kappa shape index (κ1) is 19.2. The molecule has 0 bridgehead atoms. The number of pyridine rings is 1. The molecule has 0 aliphatic carbocycles. The molecule has 2 aromatic carbocycles. The largest absolute Gasteiger partial charge is 0.439 e. The smallest absolute Gasteiger partial charge is 0.410 e. The Balaban J connectivity index is 1.32. The number of hydrogen-bond donors (Lipinski definition) is 0. The van der Waals surface area contributed by atoms with Gasteiger partial charge in [0.2, 0.25) is 0 Å². The molecule has 29 heavy (non-hydrogen) atoms. The van der Waals surface area contributed by atoms with Gasteiger partial charge in [-0.05, 0) is 35.9 Å². The van der Waals surface area contributed by atoms with Gasteiger partial charge in [0.15, 0.2) is 0 Å². The predicted molar refractivity (Wildman–Crippen MR) is 112 cm³/mol. The van der Waals surface area contributed by atoms with E-state index < -0.39 is 0 Å². The number of nitrogens with zero attached hydrogens (tertiary/aromatic N) is 3. The quantitative estimate of drug-likeness (QED) is 0.603. The number of benzene rings is 2. The summed E-state index contributed by atoms with van der Waals surface area (Å²) in [6, 6.07) is 24.3. The van der Waals surface area contributed by atoms with Crippen molar-refractivity contribution in [3.05, 3.63) is 101 Å². The van der Waals surface area contributed by atoms with E-state index in [4.69, 9.17) is 4.74 Å². The van der Waals surface area contributed by atoms with E-state index in [0.29, 0.717) is 13.1 Å². The molecule has 3 aromatic rings. The lowest BCUT2D eigenvalue weighted by Crippen LogP contribution is -2.23. The number of rotatable bonds is 7. The van der Waals surface area contributed by atoms with Gasteiger partial charge in [0.05, 0.1) is 12.2 Å². The first-order valence-corrected chi connectivity index (χ1v) is 9.84. The van der Waals surface area contributed by atoms with Crippen molar-refractivity contribution < 1.29 is 9.53 Å². The van der Waals surface area contributed by atoms with Gasteiger partial charge in [-0.3, -0.25) is 14.8 Å². The minimum absolute atomic E-state index is 0.191. The second-order valence-corrected chi connectivity index (χ2v) is 7.47. The monoisotopic (exact) mass is 387 g/mol. The molecule has 0 radical (unpaired) electrons. The topological polar surface area (TPSA) is 45.7 Å². The van der Waals surface area contributed by atoms with Crippen LogP contribution in [0.15, 0.2) is 79.0 Å². The van der Waals surface area contributed by atoms with Crippen LogP contribution in [0.1, 0.15) is 28.5 Å². The molecule has 1 aromatic heterocycles. The Labute approximate surface area is 171 Å². The van der Waals surface area contributed by atoms with Crippen LogP contribution < -0.4 is 0 Å². The van der Waals surface area contributed by atoms with Crippen LogP contribution in [0, 0.1) is 0 Å². The highest BCUT2D eigenvalue weighted by atomic mass is 16.6. The Morgan fingerprint density at radius 2 is 1.69 bits per heavy atom. The van der Waals surface area contributed by atoms with Crippen molar-refractivity contribution in [1.29, 1.82) is 0 Å². The molecule has 1 aliphatic rings. The van der Waals surface area contributed by atoms with Crippen LogP contribution in [0.25, 0.3) is 0 Å². The summed E-state index contributed by atoms with van der Waals surface area (Å²) in [4.78, 5) is 20.6. The van der Waals surface area contributed by atoms with E-state index in [1.807, 2.05) is 54.7 Å². The maximum absolute atomic E-state index is 12.2. The normalized spacial score (nSPS) is 16.3. The third kappa shape index (κ3) is 5.00. The number of carbonyl (C=O) groups is 1. The van der Waals surface area contributed by atoms with Crippen molar-refractivity contribution >= 4 is 6.09 Å². The Morgan fingerprint density at radius 3 is 2.41 bits per heavy atom. The highest BCUT2D eigenvalue weighted by Gasteiger charge is 2.32. The summed E-state index contributed by atoms with van der Waals surface area (Å²) >= 11 is 0. The first-order chi connectivity index (χ1) is 14.2. The molecule has 5 nitrogen and oxygen atoms in total. The maximum Gasteiger partial charge on any atom is 0.410 e. The fourth-order valence-electron chi connectivity index (χ4n) is 3.58. The number of aromatic nitrogens is 1. The summed E-state index contributed by atoms with van der Waals surface area (Å²) in [6.45, 7) is 2.80. The number of amides is 1. The molecule has 0 saturated carbocycles. The molecule has 1 saturated heterocycles. The highest BCUT2D eigenvalue weighted by molar-refractivity contribution is 5.70. The maximum atomic E-state index is 12.2. The minimum Gasteiger partial charge on any atom is -0.439 e. The van der Waals surface area contributed by atoms with Crippen LogP contribution in [-0.2, 0) is 24.4 Å². The van der Waals surface area contributed by atoms with Gasteiger partial charge in [0.1, 0.15) is 6.10 Å². The van der Waals surface area contributed by atoms with Crippen LogP contribution in [0.2, 0.25) is 0 Å². The van der Waals surface area contributed by atoms with Gasteiger partial charge in [-0.25, -0.2) is 4.79 Å². The van der Waals surface area contributed by atoms with Crippen molar-refractivity contribution in [2.45, 2.75) is 25.7 Å². The molecule has 1 aliphatic heterocycles. The molecule has 0 N–H and O–H groups in total. The standard InChI is InChI=1S/C24H25N3O2/c1-26(17-22-9-5-6-14-25-22)15-19-10-12-20(13-11-19)16-27-18-23(29-24(27)28)21-7-3-2-4-8-21/h2-14,23H,15-18H2,1H3/t23-/m0/s1. The van der Waals surface area contributed by atoms with E-state index in [1.54, 1.807) is 4.90 Å². The third-order valence-electron chi connectivity index (χ3n) is 5.07. The lowest BCUT2D eigenvalue weighted by molar-refractivity contribution is 0.132. The summed E-state index contributed by atoms with van der Waals surface area (Å²) in [5.74, 6) is 0. The summed E-state index contributed by atoms with van der Waals surface area (Å²) in [5, 5.41) is 0. The Bertz CT molecular complexity index is 929. The number of carbonyl (C=O) groups excluding carboxylic acids is 1. The zero-order valence-corrected chi connectivity index (χ0v) is 16.6. The van der Waals surface area contributed by atoms with Crippen molar-refractivity contribution in [2.75, 3.05) is 13.6 Å². The average molecular weight is 387 g/mol. The molecular weight excluding hydrogens is 362 g/mol. The fraction of sp³-hybridized carbons (Fsp3) is 0.250. The molecule has 1 amide bonds. The Hall–Kier alpha value is -3.18. The number of ether oxygens (including phenoxy) is 1. The molecule has 5 heteroatoms. The lowest BCUT2D eigenvalue weighted by Gasteiger charge is -2.17. The van der Waals surface area contributed by atoms with E-state index in [1.165, 1.54) is 5.56 Å². The van der Waals surface area contributed by atoms with Crippen LogP contribution in [0.4, 0.5) is 4.79 Å². The molecule has 148 valence electrons. The molecule has 4 rings (SSSR count). The predicted octanol–water partition coefficient (Wildman–Crippen LogP) is 4.41. The molecule has 1 atom stereocenters. The van der Waals surface area contributed by atoms with E-state index in [-0.39, 0.29) is 12.2 Å². The molecule has 2 heterocycles. The van der Waals surface area contributed by atoms with E-state index in [2.05, 4.69) is 41.2 Å². The second-order valence-electron chi connectivity index (χ2n) is 7.47. The molecular formula is C24H25N3O2. The van der Waals surface area contributed by atoms with Crippen molar-refractivity contribution in [1.82, 2.24) is 14.8 Å². The van der Waals surface area contributed by atoms with Gasteiger partial charge < -0.3 is 4.74 Å². The third-order valence-corrected chi connectivity index (χ3v) is 5.07. The fourth-order valence-corrected chi connectivity index (χ4v) is 3.58. The molecule has 0 unspecified atom stereocenters. The van der Waals surface area contributed by atoms with Gasteiger partial charge in [-0.2, -0.15) is 0 Å². The zero-order chi connectivity index (χ0) is 20.1. The van der Waals surface area contributed by atoms with Crippen LogP contribution >= 0.6 is 0 Å². The summed E-state index contributed by atoms with van der Waals surface area (Å²) in [5.41, 5.74) is 4.44. The van der Waals surface area contributed by atoms with E-state index in [9.17, 15) is 4.79 Å². The van der Waals surface area contributed by atoms with Gasteiger partial charge >= 0.3 is 6.09 Å². The SMILES string of the molecule is CN(Cc1ccc(CN2C[C@@H](c3ccccc3)OC2=O)cc1)Cc1ccccn1. The van der Waals surface area contributed by atoms with Gasteiger partial charge in [-0.15, -0.1) is 0 Å². The number of hydrogen-bond acceptors (Lipinski definition) is 4. The van der Waals surface area contributed by atoms with Gasteiger partial charge in [-0.1, -0.05) is 60.7 Å². The Morgan fingerprint density at radius 1 is 0.966 bits per heavy atom. The molecule has 1 fully saturated rings. The molecule has 0 spiro atoms. The van der Waals surface area contributed by atoms with Crippen LogP contribution in [-0.4, -0.2) is 34.5 Å². The summed E-state index contributed by atoms with van der Waals surface area (Å²) in [6.07, 6.45) is 1.38. The van der Waals surface area contributed by atoms with Crippen LogP contribution in [0.3, 0.4) is 0 Å². The van der Waals surface area contributed by atoms with Crippen molar-refractivity contribution in [3.8, 4) is 0 Å². The van der Waals surface area contributed by atoms with Gasteiger partial charge in [0.25, 0.3) is 0 Å². The summed E-state index contributed by atoms with van der Waals surface area (Å²) in [7, 11) is 2.09. The minimum atomic E-state index is -0.252.